The number of nitrogens with zero attached hydrogens (tertiary/aromatic N) is 3. The fourth-order valence-corrected chi connectivity index (χ4v) is 3.14. The van der Waals surface area contributed by atoms with Gasteiger partial charge >= 0.3 is 0 Å². The van der Waals surface area contributed by atoms with Gasteiger partial charge in [-0.3, -0.25) is 4.79 Å². The average Bonchev–Trinajstić information content (AvgIpc) is 2.91. The number of ether oxygens (including phenoxy) is 2. The van der Waals surface area contributed by atoms with Crippen molar-refractivity contribution < 1.29 is 14.3 Å². The van der Waals surface area contributed by atoms with Gasteiger partial charge in [-0.05, 0) is 25.8 Å². The molecule has 108 valence electrons. The van der Waals surface area contributed by atoms with Crippen LogP contribution in [0.2, 0.25) is 0 Å². The van der Waals surface area contributed by atoms with E-state index in [9.17, 15) is 4.79 Å². The number of fused-ring (bicyclic) bond motifs is 1. The maximum absolute atomic E-state index is 12.6. The third-order valence-corrected chi connectivity index (χ3v) is 4.01. The molecular formula is C14H19N3O3. The summed E-state index contributed by atoms with van der Waals surface area (Å²) in [6.07, 6.45) is 5.05. The zero-order valence-corrected chi connectivity index (χ0v) is 11.6. The van der Waals surface area contributed by atoms with Crippen molar-refractivity contribution in [2.24, 2.45) is 0 Å². The van der Waals surface area contributed by atoms with Crippen LogP contribution in [0, 0.1) is 0 Å². The van der Waals surface area contributed by atoms with Crippen molar-refractivity contribution in [1.82, 2.24) is 15.1 Å². The average molecular weight is 277 g/mol. The van der Waals surface area contributed by atoms with Crippen molar-refractivity contribution >= 4 is 5.91 Å². The van der Waals surface area contributed by atoms with E-state index >= 15 is 0 Å². The summed E-state index contributed by atoms with van der Waals surface area (Å²) in [6.45, 7) is 3.86. The van der Waals surface area contributed by atoms with Crippen molar-refractivity contribution in [2.45, 2.75) is 38.0 Å². The molecule has 3 atom stereocenters. The van der Waals surface area contributed by atoms with Gasteiger partial charge in [-0.2, -0.15) is 10.2 Å². The van der Waals surface area contributed by atoms with E-state index in [0.717, 1.165) is 12.8 Å². The maximum atomic E-state index is 12.6. The molecule has 6 nitrogen and oxygen atoms in total. The van der Waals surface area contributed by atoms with Crippen molar-refractivity contribution in [1.29, 1.82) is 0 Å². The lowest BCUT2D eigenvalue weighted by Crippen LogP contribution is -2.53. The SMILES string of the molecule is CCO[C@H]1CC[C@H]2[C@@H]1OCCN2C(=O)c1ccnnc1. The predicted molar refractivity (Wildman–Crippen MR) is 71.2 cm³/mol. The van der Waals surface area contributed by atoms with Gasteiger partial charge in [0.25, 0.3) is 5.91 Å². The summed E-state index contributed by atoms with van der Waals surface area (Å²) in [5.41, 5.74) is 0.584. The number of carbonyl (C=O) groups is 1. The summed E-state index contributed by atoms with van der Waals surface area (Å²) < 4.78 is 11.6. The summed E-state index contributed by atoms with van der Waals surface area (Å²) in [5.74, 6) is 0.00958. The topological polar surface area (TPSA) is 64.6 Å². The zero-order chi connectivity index (χ0) is 13.9. The van der Waals surface area contributed by atoms with E-state index in [1.54, 1.807) is 12.3 Å². The van der Waals surface area contributed by atoms with Gasteiger partial charge in [-0.25, -0.2) is 0 Å². The number of morpholine rings is 1. The molecule has 0 unspecified atom stereocenters. The van der Waals surface area contributed by atoms with Gasteiger partial charge in [0.2, 0.25) is 0 Å². The van der Waals surface area contributed by atoms with Crippen LogP contribution in [0.15, 0.2) is 18.5 Å². The highest BCUT2D eigenvalue weighted by molar-refractivity contribution is 5.94. The minimum absolute atomic E-state index is 0.00227. The lowest BCUT2D eigenvalue weighted by Gasteiger charge is -2.39. The second kappa shape index (κ2) is 5.85. The molecule has 0 N–H and O–H groups in total. The molecule has 1 aliphatic heterocycles. The van der Waals surface area contributed by atoms with E-state index in [1.807, 2.05) is 11.8 Å². The van der Waals surface area contributed by atoms with Crippen molar-refractivity contribution in [3.8, 4) is 0 Å². The molecule has 1 aromatic rings. The minimum Gasteiger partial charge on any atom is -0.376 e. The number of hydrogen-bond donors (Lipinski definition) is 0. The van der Waals surface area contributed by atoms with E-state index in [4.69, 9.17) is 9.47 Å². The first-order valence-corrected chi connectivity index (χ1v) is 7.12. The Kier molecular flexibility index (Phi) is 3.93. The molecule has 2 aliphatic rings. The number of aromatic nitrogens is 2. The van der Waals surface area contributed by atoms with Crippen LogP contribution in [0.25, 0.3) is 0 Å². The lowest BCUT2D eigenvalue weighted by molar-refractivity contribution is -0.102. The molecule has 0 aromatic carbocycles. The van der Waals surface area contributed by atoms with Gasteiger partial charge in [-0.15, -0.1) is 0 Å². The first kappa shape index (κ1) is 13.5. The Hall–Kier alpha value is -1.53. The molecule has 0 bridgehead atoms. The van der Waals surface area contributed by atoms with Gasteiger partial charge in [0.15, 0.2) is 0 Å². The first-order chi connectivity index (χ1) is 9.81. The molecule has 3 rings (SSSR count). The van der Waals surface area contributed by atoms with Gasteiger partial charge < -0.3 is 14.4 Å². The highest BCUT2D eigenvalue weighted by Gasteiger charge is 2.44. The number of amides is 1. The lowest BCUT2D eigenvalue weighted by atomic mass is 10.1. The van der Waals surface area contributed by atoms with E-state index < -0.39 is 0 Å². The Balaban J connectivity index is 1.76. The first-order valence-electron chi connectivity index (χ1n) is 7.12. The van der Waals surface area contributed by atoms with E-state index in [-0.39, 0.29) is 24.2 Å². The maximum Gasteiger partial charge on any atom is 0.255 e. The second-order valence-corrected chi connectivity index (χ2v) is 5.10. The standard InChI is InChI=1S/C14H19N3O3/c1-2-19-12-4-3-11-13(12)20-8-7-17(11)14(18)10-5-6-15-16-9-10/h5-6,9,11-13H,2-4,7-8H2,1H3/t11-,12-,13-/m0/s1. The normalized spacial score (nSPS) is 29.2. The fraction of sp³-hybridized carbons (Fsp3) is 0.643. The van der Waals surface area contributed by atoms with Crippen LogP contribution < -0.4 is 0 Å². The molecule has 6 heteroatoms. The van der Waals surface area contributed by atoms with Crippen LogP contribution in [0.1, 0.15) is 30.1 Å². The highest BCUT2D eigenvalue weighted by Crippen LogP contribution is 2.32. The highest BCUT2D eigenvalue weighted by atomic mass is 16.5. The van der Waals surface area contributed by atoms with Crippen molar-refractivity contribution in [2.75, 3.05) is 19.8 Å². The zero-order valence-electron chi connectivity index (χ0n) is 11.6. The van der Waals surface area contributed by atoms with Gasteiger partial charge in [0.05, 0.1) is 36.7 Å². The van der Waals surface area contributed by atoms with Crippen LogP contribution in [-0.4, -0.2) is 59.0 Å². The van der Waals surface area contributed by atoms with Crippen LogP contribution in [-0.2, 0) is 9.47 Å². The van der Waals surface area contributed by atoms with E-state index in [0.29, 0.717) is 25.3 Å². The Bertz CT molecular complexity index is 468. The Morgan fingerprint density at radius 2 is 2.40 bits per heavy atom. The number of rotatable bonds is 3. The molecule has 1 aromatic heterocycles. The third-order valence-electron chi connectivity index (χ3n) is 4.01. The summed E-state index contributed by atoms with van der Waals surface area (Å²) >= 11 is 0. The number of carbonyl (C=O) groups excluding carboxylic acids is 1. The summed E-state index contributed by atoms with van der Waals surface area (Å²) in [5, 5.41) is 7.49. The summed E-state index contributed by atoms with van der Waals surface area (Å²) in [4.78, 5) is 14.5. The second-order valence-electron chi connectivity index (χ2n) is 5.10. The third kappa shape index (κ3) is 2.41. The monoisotopic (exact) mass is 277 g/mol. The van der Waals surface area contributed by atoms with E-state index in [2.05, 4.69) is 10.2 Å². The molecule has 0 radical (unpaired) electrons. The van der Waals surface area contributed by atoms with Gasteiger partial charge in [0, 0.05) is 13.2 Å². The van der Waals surface area contributed by atoms with Crippen molar-refractivity contribution in [3.63, 3.8) is 0 Å². The fourth-order valence-electron chi connectivity index (χ4n) is 3.14. The van der Waals surface area contributed by atoms with Crippen LogP contribution in [0.3, 0.4) is 0 Å². The molecule has 0 spiro atoms. The predicted octanol–water partition coefficient (Wildman–Crippen LogP) is 0.885. The van der Waals surface area contributed by atoms with Gasteiger partial charge in [-0.1, -0.05) is 0 Å². The van der Waals surface area contributed by atoms with Gasteiger partial charge in [0.1, 0.15) is 6.10 Å². The number of hydrogen-bond acceptors (Lipinski definition) is 5. The van der Waals surface area contributed by atoms with Crippen LogP contribution in [0.5, 0.6) is 0 Å². The molecule has 1 amide bonds. The minimum atomic E-state index is 0.00227. The van der Waals surface area contributed by atoms with Crippen LogP contribution >= 0.6 is 0 Å². The molecule has 1 aliphatic carbocycles. The quantitative estimate of drug-likeness (QED) is 0.821. The summed E-state index contributed by atoms with van der Waals surface area (Å²) in [6, 6.07) is 1.82. The van der Waals surface area contributed by atoms with E-state index in [1.165, 1.54) is 6.20 Å². The Morgan fingerprint density at radius 3 is 3.15 bits per heavy atom. The smallest absolute Gasteiger partial charge is 0.255 e. The molecular weight excluding hydrogens is 258 g/mol. The Morgan fingerprint density at radius 1 is 1.50 bits per heavy atom. The largest absolute Gasteiger partial charge is 0.376 e. The molecule has 2 fully saturated rings. The summed E-state index contributed by atoms with van der Waals surface area (Å²) in [7, 11) is 0. The molecule has 2 heterocycles. The molecule has 1 saturated carbocycles. The van der Waals surface area contributed by atoms with Crippen LogP contribution in [0.4, 0.5) is 0 Å². The molecule has 1 saturated heterocycles. The Labute approximate surface area is 118 Å². The molecule has 20 heavy (non-hydrogen) atoms. The van der Waals surface area contributed by atoms with Crippen molar-refractivity contribution in [3.05, 3.63) is 24.0 Å².